The third-order valence-corrected chi connectivity index (χ3v) is 5.91. The van der Waals surface area contributed by atoms with Gasteiger partial charge in [0.1, 0.15) is 5.75 Å². The maximum Gasteiger partial charge on any atom is 0.224 e. The van der Waals surface area contributed by atoms with Gasteiger partial charge in [-0.1, -0.05) is 23.2 Å². The van der Waals surface area contributed by atoms with Gasteiger partial charge in [-0.15, -0.1) is 0 Å². The Bertz CT molecular complexity index is 1410. The van der Waals surface area contributed by atoms with Crippen molar-refractivity contribution in [1.29, 1.82) is 0 Å². The van der Waals surface area contributed by atoms with Crippen molar-refractivity contribution in [1.82, 2.24) is 15.0 Å². The van der Waals surface area contributed by atoms with Crippen molar-refractivity contribution in [2.24, 2.45) is 0 Å². The molecule has 3 aromatic heterocycles. The van der Waals surface area contributed by atoms with Gasteiger partial charge in [-0.05, 0) is 42.5 Å². The zero-order valence-corrected chi connectivity index (χ0v) is 19.6. The van der Waals surface area contributed by atoms with Crippen LogP contribution >= 0.6 is 23.2 Å². The molecule has 0 bridgehead atoms. The number of hydrogen-bond acceptors (Lipinski definition) is 7. The quantitative estimate of drug-likeness (QED) is 0.299. The molecule has 7 nitrogen and oxygen atoms in total. The maximum absolute atomic E-state index is 11.5. The van der Waals surface area contributed by atoms with Gasteiger partial charge in [-0.25, -0.2) is 4.98 Å². The molecule has 4 aromatic rings. The molecular formula is C25H17Cl2N3O4. The number of hydrogen-bond donors (Lipinski definition) is 0. The Hall–Kier alpha value is -3.81. The smallest absolute Gasteiger partial charge is 0.224 e. The van der Waals surface area contributed by atoms with E-state index in [1.807, 2.05) is 0 Å². The predicted octanol–water partition coefficient (Wildman–Crippen LogP) is 5.82. The van der Waals surface area contributed by atoms with Gasteiger partial charge in [0, 0.05) is 29.1 Å². The molecule has 0 saturated heterocycles. The molecule has 0 aliphatic heterocycles. The van der Waals surface area contributed by atoms with Crippen molar-refractivity contribution < 1.29 is 19.1 Å². The summed E-state index contributed by atoms with van der Waals surface area (Å²) in [5, 5.41) is 0.635. The summed E-state index contributed by atoms with van der Waals surface area (Å²) in [6, 6.07) is 11.8. The molecule has 0 unspecified atom stereocenters. The molecule has 0 N–H and O–H groups in total. The van der Waals surface area contributed by atoms with Crippen LogP contribution in [0.4, 0.5) is 0 Å². The molecule has 0 atom stereocenters. The van der Waals surface area contributed by atoms with Gasteiger partial charge in [0.2, 0.25) is 5.88 Å². The van der Waals surface area contributed by atoms with Crippen LogP contribution in [0.2, 0.25) is 10.0 Å². The van der Waals surface area contributed by atoms with Crippen LogP contribution in [0.15, 0.2) is 54.9 Å². The molecule has 0 aliphatic rings. The fraction of sp³-hybridized carbons (Fsp3) is 0.0800. The minimum Gasteiger partial charge on any atom is -0.496 e. The first kappa shape index (κ1) is 23.4. The second-order valence-corrected chi connectivity index (χ2v) is 7.79. The molecule has 170 valence electrons. The van der Waals surface area contributed by atoms with Gasteiger partial charge in [0.05, 0.1) is 52.5 Å². The van der Waals surface area contributed by atoms with E-state index in [1.165, 1.54) is 14.2 Å². The van der Waals surface area contributed by atoms with E-state index in [1.54, 1.807) is 54.9 Å². The predicted molar refractivity (Wildman–Crippen MR) is 130 cm³/mol. The SMILES string of the molecule is COc1ccc(-c2nccc(-c3nccc(-c4ccc(C=O)c(OC)n4)c3Cl)c2Cl)cc1C=O. The van der Waals surface area contributed by atoms with Crippen molar-refractivity contribution in [2.75, 3.05) is 14.2 Å². The fourth-order valence-corrected chi connectivity index (χ4v) is 4.11. The van der Waals surface area contributed by atoms with Crippen LogP contribution < -0.4 is 9.47 Å². The molecule has 0 amide bonds. The summed E-state index contributed by atoms with van der Waals surface area (Å²) in [4.78, 5) is 35.9. The highest BCUT2D eigenvalue weighted by Gasteiger charge is 2.19. The highest BCUT2D eigenvalue weighted by Crippen LogP contribution is 2.40. The number of pyridine rings is 3. The van der Waals surface area contributed by atoms with E-state index in [9.17, 15) is 9.59 Å². The molecule has 0 saturated carbocycles. The van der Waals surface area contributed by atoms with Gasteiger partial charge in [0.25, 0.3) is 0 Å². The Labute approximate surface area is 205 Å². The zero-order chi connectivity index (χ0) is 24.2. The lowest BCUT2D eigenvalue weighted by molar-refractivity contribution is 0.111. The van der Waals surface area contributed by atoms with E-state index >= 15 is 0 Å². The lowest BCUT2D eigenvalue weighted by Crippen LogP contribution is -1.97. The second-order valence-electron chi connectivity index (χ2n) is 7.03. The van der Waals surface area contributed by atoms with Crippen LogP contribution in [0.5, 0.6) is 11.6 Å². The molecule has 9 heteroatoms. The summed E-state index contributed by atoms with van der Waals surface area (Å²) in [6.07, 6.45) is 4.56. The third kappa shape index (κ3) is 4.23. The van der Waals surface area contributed by atoms with E-state index < -0.39 is 0 Å². The summed E-state index contributed by atoms with van der Waals surface area (Å²) in [5.41, 5.74) is 3.88. The monoisotopic (exact) mass is 493 g/mol. The number of aldehydes is 2. The Balaban J connectivity index is 1.83. The van der Waals surface area contributed by atoms with E-state index in [2.05, 4.69) is 15.0 Å². The number of benzene rings is 1. The van der Waals surface area contributed by atoms with Gasteiger partial charge < -0.3 is 9.47 Å². The topological polar surface area (TPSA) is 91.3 Å². The zero-order valence-electron chi connectivity index (χ0n) is 18.1. The Morgan fingerprint density at radius 3 is 2.12 bits per heavy atom. The van der Waals surface area contributed by atoms with Crippen molar-refractivity contribution >= 4 is 35.8 Å². The van der Waals surface area contributed by atoms with Gasteiger partial charge in [-0.2, -0.15) is 0 Å². The van der Waals surface area contributed by atoms with Crippen LogP contribution in [0.25, 0.3) is 33.8 Å². The summed E-state index contributed by atoms with van der Waals surface area (Å²) in [5.74, 6) is 0.642. The molecule has 4 rings (SSSR count). The highest BCUT2D eigenvalue weighted by molar-refractivity contribution is 6.38. The summed E-state index contributed by atoms with van der Waals surface area (Å²) in [7, 11) is 2.93. The number of nitrogens with zero attached hydrogens (tertiary/aromatic N) is 3. The number of methoxy groups -OCH3 is 2. The first-order chi connectivity index (χ1) is 16.5. The molecule has 1 aromatic carbocycles. The van der Waals surface area contributed by atoms with Crippen LogP contribution in [-0.4, -0.2) is 41.7 Å². The summed E-state index contributed by atoms with van der Waals surface area (Å²) in [6.45, 7) is 0. The highest BCUT2D eigenvalue weighted by atomic mass is 35.5. The van der Waals surface area contributed by atoms with E-state index in [0.717, 1.165) is 0 Å². The summed E-state index contributed by atoms with van der Waals surface area (Å²) >= 11 is 13.5. The molecule has 0 spiro atoms. The minimum absolute atomic E-state index is 0.191. The van der Waals surface area contributed by atoms with Crippen LogP contribution in [0.1, 0.15) is 20.7 Å². The molecular weight excluding hydrogens is 477 g/mol. The largest absolute Gasteiger partial charge is 0.496 e. The minimum atomic E-state index is 0.191. The fourth-order valence-electron chi connectivity index (χ4n) is 3.49. The number of halogens is 2. The Morgan fingerprint density at radius 1 is 0.765 bits per heavy atom. The number of rotatable bonds is 7. The normalized spacial score (nSPS) is 10.6. The van der Waals surface area contributed by atoms with E-state index in [-0.39, 0.29) is 5.88 Å². The number of aromatic nitrogens is 3. The standard InChI is InChI=1S/C25H17Cl2N3O4/c1-33-20-6-4-14(11-16(20)13-32)23-22(27)18(8-10-28-23)24-21(26)17(7-9-29-24)19-5-3-15(12-31)25(30-19)34-2/h3-13H,1-2H3. The lowest BCUT2D eigenvalue weighted by atomic mass is 10.0. The average molecular weight is 494 g/mol. The van der Waals surface area contributed by atoms with Crippen molar-refractivity contribution in [3.05, 3.63) is 76.0 Å². The number of ether oxygens (including phenoxy) is 2. The summed E-state index contributed by atoms with van der Waals surface area (Å²) < 4.78 is 10.4. The van der Waals surface area contributed by atoms with Crippen LogP contribution in [-0.2, 0) is 0 Å². The lowest BCUT2D eigenvalue weighted by Gasteiger charge is -2.13. The van der Waals surface area contributed by atoms with E-state index in [0.29, 0.717) is 73.3 Å². The van der Waals surface area contributed by atoms with Crippen molar-refractivity contribution in [3.63, 3.8) is 0 Å². The van der Waals surface area contributed by atoms with Gasteiger partial charge >= 0.3 is 0 Å². The average Bonchev–Trinajstić information content (AvgIpc) is 2.88. The van der Waals surface area contributed by atoms with Gasteiger partial charge in [0.15, 0.2) is 12.6 Å². The molecule has 34 heavy (non-hydrogen) atoms. The first-order valence-corrected chi connectivity index (χ1v) is 10.7. The molecule has 0 aliphatic carbocycles. The molecule has 3 heterocycles. The number of carbonyl (C=O) groups excluding carboxylic acids is 2. The first-order valence-electron chi connectivity index (χ1n) is 9.96. The Kier molecular flexibility index (Phi) is 6.86. The van der Waals surface area contributed by atoms with Crippen molar-refractivity contribution in [2.45, 2.75) is 0 Å². The Morgan fingerprint density at radius 2 is 1.44 bits per heavy atom. The van der Waals surface area contributed by atoms with Crippen LogP contribution in [0.3, 0.4) is 0 Å². The van der Waals surface area contributed by atoms with Gasteiger partial charge in [-0.3, -0.25) is 19.6 Å². The maximum atomic E-state index is 11.5. The third-order valence-electron chi connectivity index (χ3n) is 5.15. The molecule has 0 radical (unpaired) electrons. The number of carbonyl (C=O) groups is 2. The van der Waals surface area contributed by atoms with E-state index in [4.69, 9.17) is 32.7 Å². The molecule has 0 fully saturated rings. The van der Waals surface area contributed by atoms with Crippen LogP contribution in [0, 0.1) is 0 Å². The van der Waals surface area contributed by atoms with Crippen molar-refractivity contribution in [3.8, 4) is 45.4 Å². The second kappa shape index (κ2) is 9.99.